The number of nitrogens with zero attached hydrogens (tertiary/aromatic N) is 2. The third-order valence-electron chi connectivity index (χ3n) is 2.87. The van der Waals surface area contributed by atoms with Crippen LogP contribution in [0.3, 0.4) is 0 Å². The van der Waals surface area contributed by atoms with E-state index in [0.717, 1.165) is 5.69 Å². The third-order valence-corrected chi connectivity index (χ3v) is 2.87. The number of rotatable bonds is 3. The van der Waals surface area contributed by atoms with Crippen molar-refractivity contribution in [2.75, 3.05) is 6.54 Å². The smallest absolute Gasteiger partial charge is 0.125 e. The molecule has 0 fully saturated rings. The minimum Gasteiger partial charge on any atom is -0.330 e. The summed E-state index contributed by atoms with van der Waals surface area (Å²) < 4.78 is 14.8. The third kappa shape index (κ3) is 2.36. The Bertz CT molecular complexity index is 517. The van der Waals surface area contributed by atoms with Crippen LogP contribution in [-0.2, 0) is 5.41 Å². The predicted molar refractivity (Wildman–Crippen MR) is 65.6 cm³/mol. The van der Waals surface area contributed by atoms with Crippen molar-refractivity contribution in [1.29, 1.82) is 0 Å². The van der Waals surface area contributed by atoms with Crippen LogP contribution < -0.4 is 5.73 Å². The summed E-state index contributed by atoms with van der Waals surface area (Å²) in [4.78, 5) is 0. The van der Waals surface area contributed by atoms with Gasteiger partial charge < -0.3 is 5.73 Å². The minimum atomic E-state index is -0.266. The lowest BCUT2D eigenvalue weighted by molar-refractivity contribution is 0.515. The fraction of sp³-hybridized carbons (Fsp3) is 0.308. The lowest BCUT2D eigenvalue weighted by atomic mass is 9.90. The van der Waals surface area contributed by atoms with E-state index in [0.29, 0.717) is 12.2 Å². The second kappa shape index (κ2) is 4.30. The second-order valence-corrected chi connectivity index (χ2v) is 4.71. The lowest BCUT2D eigenvalue weighted by Gasteiger charge is -2.19. The van der Waals surface area contributed by atoms with E-state index in [-0.39, 0.29) is 11.2 Å². The summed E-state index contributed by atoms with van der Waals surface area (Å²) in [5, 5.41) is 4.43. The summed E-state index contributed by atoms with van der Waals surface area (Å²) in [7, 11) is 0. The van der Waals surface area contributed by atoms with Crippen LogP contribution in [0.1, 0.15) is 19.5 Å². The van der Waals surface area contributed by atoms with E-state index >= 15 is 0 Å². The maximum absolute atomic E-state index is 13.1. The Morgan fingerprint density at radius 1 is 1.35 bits per heavy atom. The largest absolute Gasteiger partial charge is 0.330 e. The second-order valence-electron chi connectivity index (χ2n) is 4.71. The van der Waals surface area contributed by atoms with E-state index in [1.807, 2.05) is 32.2 Å². The van der Waals surface area contributed by atoms with E-state index in [2.05, 4.69) is 5.10 Å². The summed E-state index contributed by atoms with van der Waals surface area (Å²) in [5.74, 6) is -0.266. The normalized spacial score (nSPS) is 11.8. The molecule has 0 saturated heterocycles. The van der Waals surface area contributed by atoms with Crippen LogP contribution in [0.4, 0.5) is 4.39 Å². The molecule has 0 unspecified atom stereocenters. The van der Waals surface area contributed by atoms with Crippen molar-refractivity contribution >= 4 is 0 Å². The van der Waals surface area contributed by atoms with Crippen LogP contribution in [-0.4, -0.2) is 16.3 Å². The molecule has 2 N–H and O–H groups in total. The van der Waals surface area contributed by atoms with Crippen LogP contribution in [0.15, 0.2) is 36.5 Å². The maximum Gasteiger partial charge on any atom is 0.125 e. The molecule has 0 spiro atoms. The van der Waals surface area contributed by atoms with Crippen molar-refractivity contribution < 1.29 is 4.39 Å². The molecule has 2 rings (SSSR count). The Morgan fingerprint density at radius 3 is 2.76 bits per heavy atom. The van der Waals surface area contributed by atoms with Gasteiger partial charge in [0, 0.05) is 18.2 Å². The zero-order valence-electron chi connectivity index (χ0n) is 10.0. The first-order chi connectivity index (χ1) is 8.03. The quantitative estimate of drug-likeness (QED) is 0.883. The summed E-state index contributed by atoms with van der Waals surface area (Å²) in [5.41, 5.74) is 7.15. The van der Waals surface area contributed by atoms with Crippen molar-refractivity contribution in [2.24, 2.45) is 5.73 Å². The highest BCUT2D eigenvalue weighted by Crippen LogP contribution is 2.20. The van der Waals surface area contributed by atoms with Crippen LogP contribution in [0.5, 0.6) is 0 Å². The van der Waals surface area contributed by atoms with Gasteiger partial charge in [0.25, 0.3) is 0 Å². The Hall–Kier alpha value is -1.68. The zero-order chi connectivity index (χ0) is 12.5. The highest BCUT2D eigenvalue weighted by atomic mass is 19.1. The summed E-state index contributed by atoms with van der Waals surface area (Å²) >= 11 is 0. The van der Waals surface area contributed by atoms with Gasteiger partial charge in [0.2, 0.25) is 0 Å². The Balaban J connectivity index is 2.36. The van der Waals surface area contributed by atoms with Crippen molar-refractivity contribution in [3.8, 4) is 5.69 Å². The Morgan fingerprint density at radius 2 is 2.12 bits per heavy atom. The highest BCUT2D eigenvalue weighted by molar-refractivity contribution is 5.32. The molecule has 1 heterocycles. The molecule has 1 aromatic carbocycles. The van der Waals surface area contributed by atoms with E-state index in [1.54, 1.807) is 10.7 Å². The molecule has 0 bridgehead atoms. The van der Waals surface area contributed by atoms with E-state index in [9.17, 15) is 4.39 Å². The van der Waals surface area contributed by atoms with Crippen LogP contribution in [0, 0.1) is 5.82 Å². The van der Waals surface area contributed by atoms with Gasteiger partial charge in [0.05, 0.1) is 11.4 Å². The molecule has 2 aromatic rings. The molecule has 17 heavy (non-hydrogen) atoms. The number of halogens is 1. The molecule has 3 nitrogen and oxygen atoms in total. The average molecular weight is 233 g/mol. The lowest BCUT2D eigenvalue weighted by Crippen LogP contribution is -2.28. The first-order valence-electron chi connectivity index (χ1n) is 5.55. The fourth-order valence-corrected chi connectivity index (χ4v) is 1.55. The number of nitrogens with two attached hydrogens (primary N) is 1. The molecule has 0 amide bonds. The number of hydrogen-bond acceptors (Lipinski definition) is 2. The van der Waals surface area contributed by atoms with E-state index in [1.165, 1.54) is 12.1 Å². The van der Waals surface area contributed by atoms with Gasteiger partial charge in [0.15, 0.2) is 0 Å². The molecular weight excluding hydrogens is 217 g/mol. The van der Waals surface area contributed by atoms with Crippen LogP contribution in [0.2, 0.25) is 0 Å². The van der Waals surface area contributed by atoms with Gasteiger partial charge >= 0.3 is 0 Å². The van der Waals surface area contributed by atoms with Crippen molar-refractivity contribution in [3.63, 3.8) is 0 Å². The highest BCUT2D eigenvalue weighted by Gasteiger charge is 2.21. The molecule has 0 aliphatic heterocycles. The number of benzene rings is 1. The summed E-state index contributed by atoms with van der Waals surface area (Å²) in [6.07, 6.45) is 1.82. The van der Waals surface area contributed by atoms with Crippen molar-refractivity contribution in [1.82, 2.24) is 9.78 Å². The van der Waals surface area contributed by atoms with E-state index in [4.69, 9.17) is 5.73 Å². The van der Waals surface area contributed by atoms with E-state index < -0.39 is 0 Å². The van der Waals surface area contributed by atoms with Gasteiger partial charge in [-0.2, -0.15) is 5.10 Å². The molecule has 1 aromatic heterocycles. The molecule has 0 aliphatic carbocycles. The first-order valence-corrected chi connectivity index (χ1v) is 5.55. The Labute approximate surface area is 100 Å². The molecule has 0 radical (unpaired) electrons. The van der Waals surface area contributed by atoms with Crippen molar-refractivity contribution in [3.05, 3.63) is 48.0 Å². The van der Waals surface area contributed by atoms with Crippen LogP contribution in [0.25, 0.3) is 5.69 Å². The summed E-state index contributed by atoms with van der Waals surface area (Å²) in [6.45, 7) is 4.59. The maximum atomic E-state index is 13.1. The van der Waals surface area contributed by atoms with Gasteiger partial charge in [-0.05, 0) is 24.3 Å². The monoisotopic (exact) mass is 233 g/mol. The van der Waals surface area contributed by atoms with Gasteiger partial charge in [0.1, 0.15) is 5.82 Å². The standard InChI is InChI=1S/C13H16FN3/c1-13(2,9-15)12-6-7-17(16-12)11-5-3-4-10(14)8-11/h3-8H,9,15H2,1-2H3. The SMILES string of the molecule is CC(C)(CN)c1ccn(-c2cccc(F)c2)n1. The topological polar surface area (TPSA) is 43.8 Å². The molecule has 0 saturated carbocycles. The summed E-state index contributed by atoms with van der Waals surface area (Å²) in [6, 6.07) is 8.26. The fourth-order valence-electron chi connectivity index (χ4n) is 1.55. The minimum absolute atomic E-state index is 0.168. The first kappa shape index (κ1) is 11.8. The molecule has 0 atom stereocenters. The van der Waals surface area contributed by atoms with Crippen molar-refractivity contribution in [2.45, 2.75) is 19.3 Å². The van der Waals surface area contributed by atoms with Gasteiger partial charge in [-0.3, -0.25) is 0 Å². The van der Waals surface area contributed by atoms with Gasteiger partial charge in [-0.25, -0.2) is 9.07 Å². The zero-order valence-corrected chi connectivity index (χ0v) is 10.0. The van der Waals surface area contributed by atoms with Gasteiger partial charge in [-0.15, -0.1) is 0 Å². The molecule has 0 aliphatic rings. The van der Waals surface area contributed by atoms with Gasteiger partial charge in [-0.1, -0.05) is 19.9 Å². The van der Waals surface area contributed by atoms with Crippen LogP contribution >= 0.6 is 0 Å². The molecular formula is C13H16FN3. The Kier molecular flexibility index (Phi) is 2.98. The molecule has 4 heteroatoms. The number of aromatic nitrogens is 2. The number of hydrogen-bond donors (Lipinski definition) is 1. The molecule has 90 valence electrons. The predicted octanol–water partition coefficient (Wildman–Crippen LogP) is 2.25. The average Bonchev–Trinajstić information content (AvgIpc) is 2.79.